The number of aliphatic hydroxyl groups excluding tert-OH is 1. The van der Waals surface area contributed by atoms with Crippen LogP contribution in [0.4, 0.5) is 5.82 Å². The van der Waals surface area contributed by atoms with Gasteiger partial charge in [0.2, 0.25) is 0 Å². The van der Waals surface area contributed by atoms with Crippen molar-refractivity contribution in [2.45, 2.75) is 32.1 Å². The van der Waals surface area contributed by atoms with Crippen molar-refractivity contribution in [3.63, 3.8) is 0 Å². The van der Waals surface area contributed by atoms with Gasteiger partial charge in [-0.05, 0) is 37.6 Å². The Morgan fingerprint density at radius 1 is 1.14 bits per heavy atom. The van der Waals surface area contributed by atoms with Gasteiger partial charge >= 0.3 is 0 Å². The number of carbonyl (C=O) groups is 1. The van der Waals surface area contributed by atoms with Crippen molar-refractivity contribution < 1.29 is 14.6 Å². The second-order valence-electron chi connectivity index (χ2n) is 8.74. The molecule has 1 saturated heterocycles. The summed E-state index contributed by atoms with van der Waals surface area (Å²) in [4.78, 5) is 29.0. The first kappa shape index (κ1) is 23.3. The van der Waals surface area contributed by atoms with E-state index in [-0.39, 0.29) is 30.8 Å². The highest BCUT2D eigenvalue weighted by Crippen LogP contribution is 2.36. The number of pyridine rings is 1. The number of hydrogen-bond donors (Lipinski definition) is 2. The molecule has 0 bridgehead atoms. The average Bonchev–Trinajstić information content (AvgIpc) is 3.32. The van der Waals surface area contributed by atoms with Gasteiger partial charge in [0.15, 0.2) is 0 Å². The number of morpholine rings is 1. The number of benzene rings is 1. The van der Waals surface area contributed by atoms with E-state index in [1.165, 1.54) is 6.33 Å². The van der Waals surface area contributed by atoms with Crippen LogP contribution in [0.1, 0.15) is 35.9 Å². The summed E-state index contributed by atoms with van der Waals surface area (Å²) >= 11 is 1.55. The van der Waals surface area contributed by atoms with E-state index < -0.39 is 0 Å². The normalized spacial score (nSPS) is 19.0. The first-order chi connectivity index (χ1) is 17.0. The van der Waals surface area contributed by atoms with Crippen molar-refractivity contribution in [1.82, 2.24) is 19.9 Å². The van der Waals surface area contributed by atoms with Crippen LogP contribution in [0, 0.1) is 0 Å². The molecule has 3 aromatic heterocycles. The van der Waals surface area contributed by atoms with Crippen LogP contribution in [0.15, 0.2) is 61.1 Å². The lowest BCUT2D eigenvalue weighted by Crippen LogP contribution is -2.48. The lowest BCUT2D eigenvalue weighted by molar-refractivity contribution is -0.0587. The van der Waals surface area contributed by atoms with Crippen molar-refractivity contribution in [2.75, 3.05) is 25.0 Å². The highest BCUT2D eigenvalue weighted by molar-refractivity contribution is 7.22. The van der Waals surface area contributed by atoms with Gasteiger partial charge in [-0.25, -0.2) is 9.97 Å². The molecule has 4 heterocycles. The maximum absolute atomic E-state index is 12.9. The molecule has 1 amide bonds. The number of hydrogen-bond acceptors (Lipinski definition) is 8. The van der Waals surface area contributed by atoms with Gasteiger partial charge in [-0.15, -0.1) is 11.3 Å². The SMILES string of the molecule is C[C@@H]1CN(C(=O)c2ccc(-c3cc4ncnc(N[C@H](CO)c5ccccc5)c4s3)cn2)C[C@H](C)O1. The monoisotopic (exact) mass is 489 g/mol. The number of amides is 1. The van der Waals surface area contributed by atoms with Gasteiger partial charge in [0, 0.05) is 29.7 Å². The quantitative estimate of drug-likeness (QED) is 0.420. The summed E-state index contributed by atoms with van der Waals surface area (Å²) in [5, 5.41) is 13.3. The van der Waals surface area contributed by atoms with Gasteiger partial charge in [0.05, 0.1) is 35.1 Å². The van der Waals surface area contributed by atoms with Crippen LogP contribution < -0.4 is 5.32 Å². The van der Waals surface area contributed by atoms with E-state index in [1.54, 1.807) is 28.5 Å². The third kappa shape index (κ3) is 5.02. The smallest absolute Gasteiger partial charge is 0.272 e. The van der Waals surface area contributed by atoms with Crippen molar-refractivity contribution >= 4 is 33.3 Å². The number of nitrogens with one attached hydrogen (secondary N) is 1. The molecule has 0 aliphatic carbocycles. The molecule has 0 radical (unpaired) electrons. The minimum absolute atomic E-state index is 0.0109. The van der Waals surface area contributed by atoms with E-state index in [4.69, 9.17) is 4.74 Å². The summed E-state index contributed by atoms with van der Waals surface area (Å²) in [6.07, 6.45) is 3.27. The molecule has 4 aromatic rings. The van der Waals surface area contributed by atoms with Crippen molar-refractivity contribution in [2.24, 2.45) is 0 Å². The number of aromatic nitrogens is 3. The number of nitrogens with zero attached hydrogens (tertiary/aromatic N) is 4. The zero-order chi connectivity index (χ0) is 24.4. The Kier molecular flexibility index (Phi) is 6.72. The fourth-order valence-electron chi connectivity index (χ4n) is 4.36. The van der Waals surface area contributed by atoms with Crippen LogP contribution in [-0.4, -0.2) is 62.8 Å². The molecule has 2 N–H and O–H groups in total. The predicted octanol–water partition coefficient (Wildman–Crippen LogP) is 4.15. The minimum Gasteiger partial charge on any atom is -0.394 e. The largest absolute Gasteiger partial charge is 0.394 e. The molecule has 0 unspecified atom stereocenters. The van der Waals surface area contributed by atoms with E-state index in [1.807, 2.05) is 56.3 Å². The summed E-state index contributed by atoms with van der Waals surface area (Å²) in [5.41, 5.74) is 3.11. The van der Waals surface area contributed by atoms with Gasteiger partial charge in [0.1, 0.15) is 17.8 Å². The molecule has 8 nitrogen and oxygen atoms in total. The number of thiophene rings is 1. The number of fused-ring (bicyclic) bond motifs is 1. The second-order valence-corrected chi connectivity index (χ2v) is 9.79. The molecule has 1 aliphatic heterocycles. The van der Waals surface area contributed by atoms with Gasteiger partial charge in [-0.3, -0.25) is 9.78 Å². The fraction of sp³-hybridized carbons (Fsp3) is 0.308. The van der Waals surface area contributed by atoms with Crippen LogP contribution in [0.5, 0.6) is 0 Å². The molecule has 3 atom stereocenters. The number of aliphatic hydroxyl groups is 1. The van der Waals surface area contributed by atoms with Crippen molar-refractivity contribution in [3.05, 3.63) is 72.3 Å². The number of rotatable bonds is 6. The van der Waals surface area contributed by atoms with E-state index in [0.29, 0.717) is 24.6 Å². The van der Waals surface area contributed by atoms with E-state index in [2.05, 4.69) is 20.3 Å². The van der Waals surface area contributed by atoms with Gasteiger partial charge in [-0.1, -0.05) is 30.3 Å². The Balaban J connectivity index is 1.37. The summed E-state index contributed by atoms with van der Waals surface area (Å²) < 4.78 is 6.63. The van der Waals surface area contributed by atoms with Crippen molar-refractivity contribution in [1.29, 1.82) is 0 Å². The molecular formula is C26H27N5O3S. The Morgan fingerprint density at radius 2 is 1.91 bits per heavy atom. The molecule has 1 aliphatic rings. The lowest BCUT2D eigenvalue weighted by atomic mass is 10.1. The molecule has 5 rings (SSSR count). The maximum Gasteiger partial charge on any atom is 0.272 e. The predicted molar refractivity (Wildman–Crippen MR) is 136 cm³/mol. The van der Waals surface area contributed by atoms with Crippen LogP contribution in [0.3, 0.4) is 0 Å². The van der Waals surface area contributed by atoms with Gasteiger partial charge < -0.3 is 20.1 Å². The highest BCUT2D eigenvalue weighted by Gasteiger charge is 2.27. The topological polar surface area (TPSA) is 100 Å². The van der Waals surface area contributed by atoms with E-state index >= 15 is 0 Å². The zero-order valence-electron chi connectivity index (χ0n) is 19.6. The first-order valence-corrected chi connectivity index (χ1v) is 12.4. The Morgan fingerprint density at radius 3 is 2.60 bits per heavy atom. The summed E-state index contributed by atoms with van der Waals surface area (Å²) in [6.45, 7) is 5.02. The molecule has 180 valence electrons. The van der Waals surface area contributed by atoms with E-state index in [0.717, 1.165) is 26.2 Å². The third-order valence-corrected chi connectivity index (χ3v) is 7.16. The number of ether oxygens (including phenoxy) is 1. The maximum atomic E-state index is 12.9. The molecule has 0 saturated carbocycles. The molecule has 35 heavy (non-hydrogen) atoms. The van der Waals surface area contributed by atoms with Crippen molar-refractivity contribution in [3.8, 4) is 10.4 Å². The standard InChI is InChI=1S/C26H27N5O3S/c1-16-12-31(13-17(2)34-16)26(33)20-9-8-19(11-27-20)23-10-21-24(35-23)25(29-15-28-21)30-22(14-32)18-6-4-3-5-7-18/h3-11,15-17,22,32H,12-14H2,1-2H3,(H,28,29,30)/t16-,17+,22-/m1/s1. The third-order valence-electron chi connectivity index (χ3n) is 5.98. The zero-order valence-corrected chi connectivity index (χ0v) is 20.4. The molecule has 0 spiro atoms. The van der Waals surface area contributed by atoms with Crippen LogP contribution in [0.2, 0.25) is 0 Å². The van der Waals surface area contributed by atoms with Gasteiger partial charge in [0.25, 0.3) is 5.91 Å². The van der Waals surface area contributed by atoms with Gasteiger partial charge in [-0.2, -0.15) is 0 Å². The molecule has 1 fully saturated rings. The summed E-state index contributed by atoms with van der Waals surface area (Å²) in [6, 6.07) is 15.2. The second kappa shape index (κ2) is 10.1. The summed E-state index contributed by atoms with van der Waals surface area (Å²) in [5.74, 6) is 0.590. The number of anilines is 1. The first-order valence-electron chi connectivity index (χ1n) is 11.6. The Bertz CT molecular complexity index is 1300. The van der Waals surface area contributed by atoms with Crippen LogP contribution >= 0.6 is 11.3 Å². The average molecular weight is 490 g/mol. The summed E-state index contributed by atoms with van der Waals surface area (Å²) in [7, 11) is 0. The molecule has 1 aromatic carbocycles. The fourth-order valence-corrected chi connectivity index (χ4v) is 5.41. The van der Waals surface area contributed by atoms with E-state index in [9.17, 15) is 9.90 Å². The van der Waals surface area contributed by atoms with Crippen LogP contribution in [0.25, 0.3) is 20.7 Å². The Labute approximate surface area is 207 Å². The minimum atomic E-state index is -0.280. The molecular weight excluding hydrogens is 462 g/mol. The highest BCUT2D eigenvalue weighted by atomic mass is 32.1. The van der Waals surface area contributed by atoms with Crippen LogP contribution in [-0.2, 0) is 4.74 Å². The number of carbonyl (C=O) groups excluding carboxylic acids is 1. The molecule has 9 heteroatoms. The Hall–Kier alpha value is -3.40. The lowest BCUT2D eigenvalue weighted by Gasteiger charge is -2.35.